The lowest BCUT2D eigenvalue weighted by Gasteiger charge is -2.04. The van der Waals surface area contributed by atoms with Crippen LogP contribution in [-0.4, -0.2) is 16.9 Å². The zero-order valence-corrected chi connectivity index (χ0v) is 10.5. The van der Waals surface area contributed by atoms with Gasteiger partial charge < -0.3 is 0 Å². The molecule has 18 heavy (non-hydrogen) atoms. The van der Waals surface area contributed by atoms with Crippen molar-refractivity contribution in [1.29, 1.82) is 0 Å². The van der Waals surface area contributed by atoms with Crippen molar-refractivity contribution in [2.45, 2.75) is 4.90 Å². The van der Waals surface area contributed by atoms with E-state index in [4.69, 9.17) is 5.21 Å². The van der Waals surface area contributed by atoms with Crippen LogP contribution in [0, 0.1) is 0 Å². The molecule has 0 aliphatic carbocycles. The third kappa shape index (κ3) is 3.35. The first-order chi connectivity index (χ1) is 8.79. The number of rotatable bonds is 4. The molecule has 2 aromatic rings. The Labute approximate surface area is 110 Å². The third-order valence-electron chi connectivity index (χ3n) is 2.46. The lowest BCUT2D eigenvalue weighted by molar-refractivity contribution is -0.126. The molecule has 0 saturated heterocycles. The fourth-order valence-corrected chi connectivity index (χ4v) is 2.25. The van der Waals surface area contributed by atoms with Crippen LogP contribution in [0.5, 0.6) is 0 Å². The molecule has 1 amide bonds. The number of amides is 1. The molecule has 0 heterocycles. The van der Waals surface area contributed by atoms with E-state index in [1.165, 1.54) is 17.3 Å². The van der Waals surface area contributed by atoms with E-state index in [1.54, 1.807) is 5.48 Å². The van der Waals surface area contributed by atoms with Gasteiger partial charge in [-0.2, -0.15) is 0 Å². The summed E-state index contributed by atoms with van der Waals surface area (Å²) in [5.74, 6) is -0.187. The molecule has 0 unspecified atom stereocenters. The Hall–Kier alpha value is -1.78. The highest BCUT2D eigenvalue weighted by Gasteiger charge is 2.01. The molecule has 4 heteroatoms. The van der Waals surface area contributed by atoms with E-state index in [0.717, 1.165) is 10.5 Å². The first-order valence-electron chi connectivity index (χ1n) is 5.51. The molecule has 92 valence electrons. The molecule has 2 rings (SSSR count). The zero-order valence-electron chi connectivity index (χ0n) is 9.67. The van der Waals surface area contributed by atoms with Gasteiger partial charge >= 0.3 is 0 Å². The molecule has 0 aliphatic rings. The first kappa shape index (κ1) is 12.7. The van der Waals surface area contributed by atoms with Crippen molar-refractivity contribution in [2.75, 3.05) is 5.75 Å². The lowest BCUT2D eigenvalue weighted by atomic mass is 10.1. The predicted octanol–water partition coefficient (Wildman–Crippen LogP) is 2.95. The van der Waals surface area contributed by atoms with Gasteiger partial charge in [0.15, 0.2) is 0 Å². The van der Waals surface area contributed by atoms with Crippen molar-refractivity contribution in [2.24, 2.45) is 0 Å². The van der Waals surface area contributed by atoms with Crippen molar-refractivity contribution in [1.82, 2.24) is 5.48 Å². The minimum atomic E-state index is -0.396. The molecular formula is C14H13NO2S. The Morgan fingerprint density at radius 2 is 1.61 bits per heavy atom. The number of hydrogen-bond donors (Lipinski definition) is 2. The van der Waals surface area contributed by atoms with Gasteiger partial charge in [-0.05, 0) is 23.3 Å². The van der Waals surface area contributed by atoms with Crippen LogP contribution >= 0.6 is 11.8 Å². The summed E-state index contributed by atoms with van der Waals surface area (Å²) in [6.07, 6.45) is 0. The fraction of sp³-hybridized carbons (Fsp3) is 0.0714. The van der Waals surface area contributed by atoms with Gasteiger partial charge in [-0.25, -0.2) is 5.48 Å². The average molecular weight is 259 g/mol. The molecule has 2 aromatic carbocycles. The van der Waals surface area contributed by atoms with E-state index in [0.29, 0.717) is 0 Å². The highest BCUT2D eigenvalue weighted by Crippen LogP contribution is 2.23. The van der Waals surface area contributed by atoms with Crippen LogP contribution in [0.1, 0.15) is 0 Å². The molecule has 0 bridgehead atoms. The van der Waals surface area contributed by atoms with Gasteiger partial charge in [-0.15, -0.1) is 11.8 Å². The number of carbonyl (C=O) groups is 1. The van der Waals surface area contributed by atoms with Crippen molar-refractivity contribution in [3.63, 3.8) is 0 Å². The number of thioether (sulfide) groups is 1. The summed E-state index contributed by atoms with van der Waals surface area (Å²) in [6.45, 7) is 0. The quantitative estimate of drug-likeness (QED) is 0.504. The summed E-state index contributed by atoms with van der Waals surface area (Å²) < 4.78 is 0. The SMILES string of the molecule is O=C(CSc1ccc(-c2ccccc2)cc1)NO. The molecule has 3 nitrogen and oxygen atoms in total. The number of hydroxylamine groups is 1. The van der Waals surface area contributed by atoms with Gasteiger partial charge in [-0.3, -0.25) is 10.0 Å². The standard InChI is InChI=1S/C14H13NO2S/c16-14(15-17)10-18-13-8-6-12(7-9-13)11-4-2-1-3-5-11/h1-9,17H,10H2,(H,15,16). The minimum Gasteiger partial charge on any atom is -0.289 e. The molecule has 0 atom stereocenters. The average Bonchev–Trinajstić information content (AvgIpc) is 2.46. The highest BCUT2D eigenvalue weighted by molar-refractivity contribution is 8.00. The number of nitrogens with one attached hydrogen (secondary N) is 1. The Morgan fingerprint density at radius 3 is 2.22 bits per heavy atom. The Morgan fingerprint density at radius 1 is 1.00 bits per heavy atom. The summed E-state index contributed by atoms with van der Waals surface area (Å²) in [6, 6.07) is 18.1. The van der Waals surface area contributed by atoms with Crippen molar-refractivity contribution in [3.05, 3.63) is 54.6 Å². The first-order valence-corrected chi connectivity index (χ1v) is 6.49. The van der Waals surface area contributed by atoms with Crippen LogP contribution in [0.3, 0.4) is 0 Å². The van der Waals surface area contributed by atoms with E-state index in [-0.39, 0.29) is 5.75 Å². The molecule has 0 radical (unpaired) electrons. The zero-order chi connectivity index (χ0) is 12.8. The summed E-state index contributed by atoms with van der Waals surface area (Å²) >= 11 is 1.38. The van der Waals surface area contributed by atoms with Gasteiger partial charge in [0.25, 0.3) is 5.91 Å². The second-order valence-electron chi connectivity index (χ2n) is 3.71. The Kier molecular flexibility index (Phi) is 4.39. The van der Waals surface area contributed by atoms with Crippen LogP contribution in [0.15, 0.2) is 59.5 Å². The van der Waals surface area contributed by atoms with Crippen LogP contribution in [-0.2, 0) is 4.79 Å². The molecular weight excluding hydrogens is 246 g/mol. The molecule has 0 fully saturated rings. The maximum Gasteiger partial charge on any atom is 0.253 e. The maximum absolute atomic E-state index is 10.9. The van der Waals surface area contributed by atoms with E-state index in [9.17, 15) is 4.79 Å². The van der Waals surface area contributed by atoms with Gasteiger partial charge in [0.2, 0.25) is 0 Å². The monoisotopic (exact) mass is 259 g/mol. The topological polar surface area (TPSA) is 49.3 Å². The van der Waals surface area contributed by atoms with Gasteiger partial charge in [0, 0.05) is 4.90 Å². The Balaban J connectivity index is 2.04. The molecule has 2 N–H and O–H groups in total. The predicted molar refractivity (Wildman–Crippen MR) is 72.5 cm³/mol. The number of carbonyl (C=O) groups excluding carboxylic acids is 1. The maximum atomic E-state index is 10.9. The summed E-state index contributed by atoms with van der Waals surface area (Å²) in [7, 11) is 0. The van der Waals surface area contributed by atoms with Crippen LogP contribution in [0.4, 0.5) is 0 Å². The fourth-order valence-electron chi connectivity index (χ4n) is 1.56. The number of benzene rings is 2. The highest BCUT2D eigenvalue weighted by atomic mass is 32.2. The summed E-state index contributed by atoms with van der Waals surface area (Å²) in [5, 5.41) is 8.39. The molecule has 0 saturated carbocycles. The Bertz CT molecular complexity index is 511. The van der Waals surface area contributed by atoms with Crippen LogP contribution in [0.2, 0.25) is 0 Å². The van der Waals surface area contributed by atoms with E-state index < -0.39 is 5.91 Å². The van der Waals surface area contributed by atoms with Crippen molar-refractivity contribution in [3.8, 4) is 11.1 Å². The molecule has 0 aliphatic heterocycles. The lowest BCUT2D eigenvalue weighted by Crippen LogP contribution is -2.20. The van der Waals surface area contributed by atoms with Gasteiger partial charge in [-0.1, -0.05) is 42.5 Å². The second kappa shape index (κ2) is 6.23. The van der Waals surface area contributed by atoms with Gasteiger partial charge in [0.05, 0.1) is 5.75 Å². The van der Waals surface area contributed by atoms with E-state index >= 15 is 0 Å². The van der Waals surface area contributed by atoms with Crippen LogP contribution < -0.4 is 5.48 Å². The largest absolute Gasteiger partial charge is 0.289 e. The van der Waals surface area contributed by atoms with E-state index in [1.807, 2.05) is 42.5 Å². The number of hydrogen-bond acceptors (Lipinski definition) is 3. The normalized spacial score (nSPS) is 10.1. The summed E-state index contributed by atoms with van der Waals surface area (Å²) in [5.41, 5.74) is 3.93. The van der Waals surface area contributed by atoms with E-state index in [2.05, 4.69) is 12.1 Å². The van der Waals surface area contributed by atoms with Crippen LogP contribution in [0.25, 0.3) is 11.1 Å². The summed E-state index contributed by atoms with van der Waals surface area (Å²) in [4.78, 5) is 11.9. The van der Waals surface area contributed by atoms with Crippen molar-refractivity contribution < 1.29 is 10.0 Å². The van der Waals surface area contributed by atoms with Gasteiger partial charge in [0.1, 0.15) is 0 Å². The minimum absolute atomic E-state index is 0.210. The third-order valence-corrected chi connectivity index (χ3v) is 3.47. The molecule has 0 spiro atoms. The smallest absolute Gasteiger partial charge is 0.253 e. The molecule has 0 aromatic heterocycles. The second-order valence-corrected chi connectivity index (χ2v) is 4.76. The van der Waals surface area contributed by atoms with Crippen molar-refractivity contribution >= 4 is 17.7 Å².